The number of aromatic nitrogens is 8. The van der Waals surface area contributed by atoms with Crippen LogP contribution in [-0.4, -0.2) is 44.0 Å². The average molecular weight is 585 g/mol. The van der Waals surface area contributed by atoms with Crippen molar-refractivity contribution in [2.24, 2.45) is 7.05 Å². The molecule has 220 valence electrons. The number of benzene rings is 1. The molecule has 0 bridgehead atoms. The summed E-state index contributed by atoms with van der Waals surface area (Å²) in [6.07, 6.45) is 1.96. The number of carbonyl (C=O) groups is 1. The lowest BCUT2D eigenvalue weighted by atomic mass is 10.1. The van der Waals surface area contributed by atoms with Gasteiger partial charge in [0, 0.05) is 32.5 Å². The molecule has 5 rings (SSSR count). The molecule has 0 atom stereocenters. The summed E-state index contributed by atoms with van der Waals surface area (Å²) in [5.41, 5.74) is -0.891. The molecule has 42 heavy (non-hydrogen) atoms. The molecule has 0 aliphatic rings. The van der Waals surface area contributed by atoms with Gasteiger partial charge in [-0.3, -0.25) is 23.2 Å². The molecule has 0 radical (unpaired) electrons. The normalized spacial score (nSPS) is 11.9. The fourth-order valence-electron chi connectivity index (χ4n) is 4.66. The van der Waals surface area contributed by atoms with E-state index < -0.39 is 35.7 Å². The Morgan fingerprint density at radius 1 is 1.07 bits per heavy atom. The van der Waals surface area contributed by atoms with Crippen molar-refractivity contribution in [3.05, 3.63) is 86.8 Å². The van der Waals surface area contributed by atoms with E-state index in [1.165, 1.54) is 38.6 Å². The maximum Gasteiger partial charge on any atom is 0.416 e. The summed E-state index contributed by atoms with van der Waals surface area (Å²) < 4.78 is 51.9. The molecule has 4 aromatic heterocycles. The minimum Gasteiger partial charge on any atom is -0.439 e. The van der Waals surface area contributed by atoms with Gasteiger partial charge in [0.05, 0.1) is 30.2 Å². The quantitative estimate of drug-likeness (QED) is 0.244. The maximum absolute atomic E-state index is 13.6. The largest absolute Gasteiger partial charge is 0.439 e. The van der Waals surface area contributed by atoms with Crippen LogP contribution in [0.5, 0.6) is 0 Å². The van der Waals surface area contributed by atoms with Gasteiger partial charge in [0.15, 0.2) is 23.6 Å². The highest BCUT2D eigenvalue weighted by Gasteiger charge is 2.30. The lowest BCUT2D eigenvalue weighted by Gasteiger charge is -2.11. The lowest BCUT2D eigenvalue weighted by molar-refractivity contribution is -0.137. The molecule has 0 amide bonds. The number of nitrogens with zero attached hydrogens (tertiary/aromatic N) is 8. The molecule has 0 spiro atoms. The van der Waals surface area contributed by atoms with Crippen molar-refractivity contribution in [3.63, 3.8) is 0 Å². The number of fused-ring (bicyclic) bond motifs is 1. The van der Waals surface area contributed by atoms with Crippen molar-refractivity contribution >= 4 is 17.1 Å². The highest BCUT2D eigenvalue weighted by atomic mass is 19.4. The number of alkyl halides is 3. The number of halogens is 3. The molecule has 5 aromatic rings. The van der Waals surface area contributed by atoms with Gasteiger partial charge >= 0.3 is 17.8 Å². The van der Waals surface area contributed by atoms with Gasteiger partial charge in [0.25, 0.3) is 5.56 Å². The molecule has 4 heterocycles. The Morgan fingerprint density at radius 2 is 1.86 bits per heavy atom. The van der Waals surface area contributed by atoms with Crippen LogP contribution in [0.25, 0.3) is 22.6 Å². The molecular formula is C27H27F3N8O4. The second-order valence-corrected chi connectivity index (χ2v) is 9.63. The van der Waals surface area contributed by atoms with Gasteiger partial charge in [-0.15, -0.1) is 0 Å². The number of hydrogen-bond acceptors (Lipinski definition) is 7. The van der Waals surface area contributed by atoms with Gasteiger partial charge in [0.1, 0.15) is 5.82 Å². The average Bonchev–Trinajstić information content (AvgIpc) is 3.68. The number of aryl methyl sites for hydroxylation is 2. The summed E-state index contributed by atoms with van der Waals surface area (Å²) in [4.78, 5) is 48.0. The summed E-state index contributed by atoms with van der Waals surface area (Å²) in [7, 11) is 1.70. The molecule has 0 saturated heterocycles. The van der Waals surface area contributed by atoms with Crippen LogP contribution in [-0.2, 0) is 44.3 Å². The van der Waals surface area contributed by atoms with E-state index in [9.17, 15) is 27.6 Å². The predicted octanol–water partition coefficient (Wildman–Crippen LogP) is 3.27. The minimum absolute atomic E-state index is 0.0295. The van der Waals surface area contributed by atoms with Gasteiger partial charge in [-0.1, -0.05) is 19.1 Å². The van der Waals surface area contributed by atoms with Crippen molar-refractivity contribution < 1.29 is 22.7 Å². The van der Waals surface area contributed by atoms with Crippen LogP contribution in [0.3, 0.4) is 0 Å². The SMILES string of the molecule is CCCn1c(=O)c2c(nc(-c3cnn(Cc4cccc(C(F)(F)F)c4)c3)n2COC(=O)c2cn(C)cn2)n(CC)c1=O. The second-order valence-electron chi connectivity index (χ2n) is 9.63. The highest BCUT2D eigenvalue weighted by molar-refractivity contribution is 5.87. The Labute approximate surface area is 236 Å². The van der Waals surface area contributed by atoms with E-state index in [1.54, 1.807) is 30.8 Å². The van der Waals surface area contributed by atoms with Crippen LogP contribution in [0, 0.1) is 0 Å². The lowest BCUT2D eigenvalue weighted by Crippen LogP contribution is -2.40. The van der Waals surface area contributed by atoms with E-state index in [1.807, 2.05) is 6.92 Å². The Morgan fingerprint density at radius 3 is 2.52 bits per heavy atom. The smallest absolute Gasteiger partial charge is 0.416 e. The minimum atomic E-state index is -4.48. The molecule has 0 saturated carbocycles. The van der Waals surface area contributed by atoms with Gasteiger partial charge in [-0.05, 0) is 31.0 Å². The first-order valence-electron chi connectivity index (χ1n) is 13.1. The van der Waals surface area contributed by atoms with E-state index in [-0.39, 0.29) is 42.3 Å². The van der Waals surface area contributed by atoms with Crippen molar-refractivity contribution in [2.45, 2.75) is 52.8 Å². The van der Waals surface area contributed by atoms with E-state index in [4.69, 9.17) is 4.74 Å². The molecule has 12 nitrogen and oxygen atoms in total. The summed E-state index contributed by atoms with van der Waals surface area (Å²) in [6, 6.07) is 4.91. The van der Waals surface area contributed by atoms with Gasteiger partial charge in [-0.2, -0.15) is 18.3 Å². The zero-order valence-electron chi connectivity index (χ0n) is 23.0. The third-order valence-electron chi connectivity index (χ3n) is 6.61. The van der Waals surface area contributed by atoms with Gasteiger partial charge in [-0.25, -0.2) is 19.6 Å². The van der Waals surface area contributed by atoms with Crippen LogP contribution in [0.1, 0.15) is 41.9 Å². The summed E-state index contributed by atoms with van der Waals surface area (Å²) in [5.74, 6) is -0.552. The monoisotopic (exact) mass is 584 g/mol. The fraction of sp³-hybridized carbons (Fsp3) is 0.333. The second kappa shape index (κ2) is 11.1. The number of rotatable bonds is 9. The number of ether oxygens (including phenoxy) is 1. The molecule has 0 aliphatic heterocycles. The molecule has 0 N–H and O–H groups in total. The molecule has 0 unspecified atom stereocenters. The van der Waals surface area contributed by atoms with E-state index in [0.717, 1.165) is 16.7 Å². The summed E-state index contributed by atoms with van der Waals surface area (Å²) in [6.45, 7) is 3.58. The summed E-state index contributed by atoms with van der Waals surface area (Å²) in [5, 5.41) is 4.28. The first-order valence-corrected chi connectivity index (χ1v) is 13.1. The van der Waals surface area contributed by atoms with Crippen molar-refractivity contribution in [2.75, 3.05) is 0 Å². The van der Waals surface area contributed by atoms with E-state index in [0.29, 0.717) is 17.5 Å². The van der Waals surface area contributed by atoms with Gasteiger partial charge < -0.3 is 9.30 Å². The number of hydrogen-bond donors (Lipinski definition) is 0. The third kappa shape index (κ3) is 5.36. The van der Waals surface area contributed by atoms with E-state index >= 15 is 0 Å². The number of imidazole rings is 2. The first-order chi connectivity index (χ1) is 20.0. The maximum atomic E-state index is 13.6. The van der Waals surface area contributed by atoms with Crippen molar-refractivity contribution in [1.82, 2.24) is 38.0 Å². The van der Waals surface area contributed by atoms with Crippen LogP contribution in [0.15, 0.2) is 58.8 Å². The van der Waals surface area contributed by atoms with Crippen LogP contribution in [0.4, 0.5) is 13.2 Å². The highest BCUT2D eigenvalue weighted by Crippen LogP contribution is 2.30. The van der Waals surface area contributed by atoms with Crippen molar-refractivity contribution in [1.29, 1.82) is 0 Å². The Bertz CT molecular complexity index is 1890. The number of carbonyl (C=O) groups excluding carboxylic acids is 1. The molecular weight excluding hydrogens is 557 g/mol. The predicted molar refractivity (Wildman–Crippen MR) is 145 cm³/mol. The first kappa shape index (κ1) is 28.6. The molecule has 1 aromatic carbocycles. The molecule has 15 heteroatoms. The zero-order valence-corrected chi connectivity index (χ0v) is 23.0. The van der Waals surface area contributed by atoms with Crippen LogP contribution >= 0.6 is 0 Å². The third-order valence-corrected chi connectivity index (χ3v) is 6.61. The van der Waals surface area contributed by atoms with Crippen molar-refractivity contribution in [3.8, 4) is 11.4 Å². The standard InChI is InChI=1S/C27H27F3N8O4/c1-4-9-37-24(39)21-23(36(5-2)26(37)41)33-22(38(21)16-42-25(40)20-14-34(3)15-31-20)18-11-32-35(13-18)12-17-7-6-8-19(10-17)27(28,29)30/h6-8,10-11,13-15H,4-5,9,12,16H2,1-3H3. The van der Waals surface area contributed by atoms with E-state index in [2.05, 4.69) is 15.1 Å². The Hall–Kier alpha value is -4.95. The summed E-state index contributed by atoms with van der Waals surface area (Å²) >= 11 is 0. The number of esters is 1. The topological polar surface area (TPSA) is 124 Å². The van der Waals surface area contributed by atoms with Gasteiger partial charge in [0.2, 0.25) is 0 Å². The Balaban J connectivity index is 1.59. The fourth-order valence-corrected chi connectivity index (χ4v) is 4.66. The van der Waals surface area contributed by atoms with Crippen LogP contribution < -0.4 is 11.2 Å². The van der Waals surface area contributed by atoms with Crippen LogP contribution in [0.2, 0.25) is 0 Å². The molecule has 0 fully saturated rings. The Kier molecular flexibility index (Phi) is 7.58. The zero-order chi connectivity index (χ0) is 30.2. The molecule has 0 aliphatic carbocycles.